The highest BCUT2D eigenvalue weighted by molar-refractivity contribution is 5.94. The molecule has 0 amide bonds. The molecule has 3 aromatic rings. The van der Waals surface area contributed by atoms with E-state index in [1.54, 1.807) is 4.90 Å². The third-order valence-electron chi connectivity index (χ3n) is 4.97. The van der Waals surface area contributed by atoms with E-state index in [-0.39, 0.29) is 23.8 Å². The van der Waals surface area contributed by atoms with Crippen LogP contribution in [0.3, 0.4) is 0 Å². The maximum Gasteiger partial charge on any atom is 0.341 e. The van der Waals surface area contributed by atoms with Gasteiger partial charge in [0.1, 0.15) is 17.2 Å². The van der Waals surface area contributed by atoms with E-state index < -0.39 is 28.6 Å². The van der Waals surface area contributed by atoms with Gasteiger partial charge in [-0.2, -0.15) is 0 Å². The molecule has 0 aliphatic carbocycles. The Hall–Kier alpha value is -2.97. The first-order valence-electron chi connectivity index (χ1n) is 8.74. The minimum atomic E-state index is -1.42. The molecule has 1 fully saturated rings. The number of aromatic nitrogens is 1. The lowest BCUT2D eigenvalue weighted by Crippen LogP contribution is -2.27. The van der Waals surface area contributed by atoms with Gasteiger partial charge in [0.05, 0.1) is 11.2 Å². The van der Waals surface area contributed by atoms with Crippen LogP contribution in [0.25, 0.3) is 16.6 Å². The average Bonchev–Trinajstić information content (AvgIpc) is 3.09. The van der Waals surface area contributed by atoms with Gasteiger partial charge in [0, 0.05) is 36.4 Å². The van der Waals surface area contributed by atoms with Crippen molar-refractivity contribution in [2.45, 2.75) is 12.5 Å². The van der Waals surface area contributed by atoms with Crippen LogP contribution in [0.2, 0.25) is 0 Å². The molecule has 6 nitrogen and oxygen atoms in total. The Balaban J connectivity index is 0.00000240. The van der Waals surface area contributed by atoms with Crippen molar-refractivity contribution in [3.63, 3.8) is 0 Å². The summed E-state index contributed by atoms with van der Waals surface area (Å²) in [6.07, 6.45) is 1.90. The molecule has 152 valence electrons. The number of benzene rings is 2. The van der Waals surface area contributed by atoms with Gasteiger partial charge >= 0.3 is 5.97 Å². The van der Waals surface area contributed by atoms with E-state index in [9.17, 15) is 23.5 Å². The van der Waals surface area contributed by atoms with Crippen LogP contribution < -0.4 is 16.1 Å². The molecule has 1 aliphatic heterocycles. The first-order valence-corrected chi connectivity index (χ1v) is 8.74. The van der Waals surface area contributed by atoms with Gasteiger partial charge < -0.3 is 20.3 Å². The summed E-state index contributed by atoms with van der Waals surface area (Å²) in [7, 11) is 0. The third-order valence-corrected chi connectivity index (χ3v) is 4.97. The molecule has 0 radical (unpaired) electrons. The second-order valence-corrected chi connectivity index (χ2v) is 6.84. The lowest BCUT2D eigenvalue weighted by Gasteiger charge is -2.21. The number of nitrogens with zero attached hydrogens (tertiary/aromatic N) is 2. The van der Waals surface area contributed by atoms with Crippen molar-refractivity contribution >= 4 is 35.0 Å². The van der Waals surface area contributed by atoms with E-state index in [0.29, 0.717) is 30.0 Å². The van der Waals surface area contributed by atoms with E-state index in [2.05, 4.69) is 0 Å². The Bertz CT molecular complexity index is 1150. The third kappa shape index (κ3) is 3.68. The molecule has 1 atom stereocenters. The van der Waals surface area contributed by atoms with E-state index in [0.717, 1.165) is 12.5 Å². The lowest BCUT2D eigenvalue weighted by atomic mass is 10.1. The van der Waals surface area contributed by atoms with E-state index in [4.69, 9.17) is 5.73 Å². The topological polar surface area (TPSA) is 88.6 Å². The molecule has 3 N–H and O–H groups in total. The summed E-state index contributed by atoms with van der Waals surface area (Å²) in [5.41, 5.74) is 5.72. The fourth-order valence-corrected chi connectivity index (χ4v) is 3.55. The van der Waals surface area contributed by atoms with E-state index >= 15 is 0 Å². The standard InChI is InChI=1S/C20H17F2N3O3.ClH/c21-11-1-3-13(4-2-11)25-10-15(20(27)28)19(26)14-7-16(22)18(8-17(14)25)24-6-5-12(23)9-24;/h1-4,7-8,10,12H,5-6,9,23H2,(H,27,28);1H. The monoisotopic (exact) mass is 421 g/mol. The first-order chi connectivity index (χ1) is 13.3. The Morgan fingerprint density at radius 2 is 1.86 bits per heavy atom. The van der Waals surface area contributed by atoms with Crippen LogP contribution in [0.4, 0.5) is 14.5 Å². The maximum absolute atomic E-state index is 14.8. The van der Waals surface area contributed by atoms with Gasteiger partial charge in [-0.05, 0) is 42.8 Å². The normalized spacial score (nSPS) is 16.1. The van der Waals surface area contributed by atoms with Gasteiger partial charge in [0.25, 0.3) is 0 Å². The minimum Gasteiger partial charge on any atom is -0.477 e. The Morgan fingerprint density at radius 3 is 2.45 bits per heavy atom. The maximum atomic E-state index is 14.8. The highest BCUT2D eigenvalue weighted by atomic mass is 35.5. The van der Waals surface area contributed by atoms with Crippen molar-refractivity contribution in [1.29, 1.82) is 0 Å². The first kappa shape index (κ1) is 20.8. The van der Waals surface area contributed by atoms with Crippen LogP contribution in [0.1, 0.15) is 16.8 Å². The van der Waals surface area contributed by atoms with Crippen molar-refractivity contribution in [2.75, 3.05) is 18.0 Å². The van der Waals surface area contributed by atoms with Gasteiger partial charge in [-0.15, -0.1) is 12.4 Å². The number of carbonyl (C=O) groups is 1. The van der Waals surface area contributed by atoms with Gasteiger partial charge in [0.2, 0.25) is 5.43 Å². The Labute approximate surface area is 170 Å². The molecular weight excluding hydrogens is 404 g/mol. The zero-order chi connectivity index (χ0) is 20.0. The summed E-state index contributed by atoms with van der Waals surface area (Å²) >= 11 is 0. The predicted octanol–water partition coefficient (Wildman–Crippen LogP) is 2.93. The summed E-state index contributed by atoms with van der Waals surface area (Å²) in [4.78, 5) is 25.9. The number of halogens is 3. The highest BCUT2D eigenvalue weighted by Gasteiger charge is 2.24. The molecule has 1 saturated heterocycles. The Morgan fingerprint density at radius 1 is 1.17 bits per heavy atom. The van der Waals surface area contributed by atoms with Gasteiger partial charge in [0.15, 0.2) is 0 Å². The van der Waals surface area contributed by atoms with Crippen LogP contribution in [0, 0.1) is 11.6 Å². The molecule has 9 heteroatoms. The van der Waals surface area contributed by atoms with Crippen LogP contribution in [0.5, 0.6) is 0 Å². The van der Waals surface area contributed by atoms with E-state index in [1.165, 1.54) is 41.1 Å². The van der Waals surface area contributed by atoms with Crippen LogP contribution in [-0.2, 0) is 0 Å². The zero-order valence-corrected chi connectivity index (χ0v) is 16.0. The summed E-state index contributed by atoms with van der Waals surface area (Å²) in [6, 6.07) is 7.87. The number of carboxylic acids is 1. The molecule has 2 heterocycles. The van der Waals surface area contributed by atoms with Crippen LogP contribution >= 0.6 is 12.4 Å². The lowest BCUT2D eigenvalue weighted by molar-refractivity contribution is 0.0695. The fraction of sp³-hybridized carbons (Fsp3) is 0.200. The highest BCUT2D eigenvalue weighted by Crippen LogP contribution is 2.29. The van der Waals surface area contributed by atoms with Crippen molar-refractivity contribution < 1.29 is 18.7 Å². The summed E-state index contributed by atoms with van der Waals surface area (Å²) < 4.78 is 29.6. The molecule has 4 rings (SSSR count). The van der Waals surface area contributed by atoms with Crippen molar-refractivity contribution in [3.8, 4) is 5.69 Å². The number of rotatable bonds is 3. The predicted molar refractivity (Wildman–Crippen MR) is 108 cm³/mol. The van der Waals surface area contributed by atoms with Crippen molar-refractivity contribution in [3.05, 3.63) is 70.0 Å². The molecule has 1 aliphatic rings. The molecule has 0 saturated carbocycles. The molecule has 1 unspecified atom stereocenters. The average molecular weight is 422 g/mol. The molecule has 2 aromatic carbocycles. The number of pyridine rings is 1. The van der Waals surface area contributed by atoms with E-state index in [1.807, 2.05) is 0 Å². The van der Waals surface area contributed by atoms with Gasteiger partial charge in [-0.25, -0.2) is 13.6 Å². The minimum absolute atomic E-state index is 0. The largest absolute Gasteiger partial charge is 0.477 e. The van der Waals surface area contributed by atoms with Crippen molar-refractivity contribution in [2.24, 2.45) is 5.73 Å². The summed E-state index contributed by atoms with van der Waals surface area (Å²) in [5.74, 6) is -2.49. The molecule has 0 bridgehead atoms. The van der Waals surface area contributed by atoms with Gasteiger partial charge in [-0.3, -0.25) is 4.79 Å². The SMILES string of the molecule is Cl.NC1CCN(c2cc3c(cc2F)c(=O)c(C(=O)O)cn3-c2ccc(F)cc2)C1. The second kappa shape index (κ2) is 7.81. The molecule has 0 spiro atoms. The molecule has 1 aromatic heterocycles. The number of fused-ring (bicyclic) bond motifs is 1. The van der Waals surface area contributed by atoms with Crippen LogP contribution in [-0.4, -0.2) is 34.8 Å². The summed E-state index contributed by atoms with van der Waals surface area (Å²) in [5, 5.41) is 9.32. The quantitative estimate of drug-likeness (QED) is 0.678. The van der Waals surface area contributed by atoms with Crippen molar-refractivity contribution in [1.82, 2.24) is 4.57 Å². The summed E-state index contributed by atoms with van der Waals surface area (Å²) in [6.45, 7) is 1.06. The number of carboxylic acid groups (broad SMARTS) is 1. The fourth-order valence-electron chi connectivity index (χ4n) is 3.55. The zero-order valence-electron chi connectivity index (χ0n) is 15.1. The molecular formula is C20H18ClF2N3O3. The molecule has 29 heavy (non-hydrogen) atoms. The second-order valence-electron chi connectivity index (χ2n) is 6.84. The number of aromatic carboxylic acids is 1. The number of anilines is 1. The number of nitrogens with two attached hydrogens (primary N) is 1. The Kier molecular flexibility index (Phi) is 5.59. The van der Waals surface area contributed by atoms with Crippen LogP contribution in [0.15, 0.2) is 47.4 Å². The smallest absolute Gasteiger partial charge is 0.341 e. The van der Waals surface area contributed by atoms with Gasteiger partial charge in [-0.1, -0.05) is 0 Å². The number of hydrogen-bond donors (Lipinski definition) is 2. The number of hydrogen-bond acceptors (Lipinski definition) is 4.